The van der Waals surface area contributed by atoms with Crippen molar-refractivity contribution in [2.75, 3.05) is 6.54 Å². The number of imidazole rings is 1. The summed E-state index contributed by atoms with van der Waals surface area (Å²) in [4.78, 5) is 4.36. The summed E-state index contributed by atoms with van der Waals surface area (Å²) in [5, 5.41) is 14.5. The first-order valence-electron chi connectivity index (χ1n) is 7.37. The maximum Gasteiger partial charge on any atom is 0.0958 e. The number of aliphatic hydroxyl groups is 1. The zero-order valence-electron chi connectivity index (χ0n) is 12.5. The van der Waals surface area contributed by atoms with Crippen LogP contribution in [0.5, 0.6) is 0 Å². The molecule has 0 unspecified atom stereocenters. The summed E-state index contributed by atoms with van der Waals surface area (Å²) < 4.78 is 2.04. The lowest BCUT2D eigenvalue weighted by molar-refractivity contribution is 0.0909. The van der Waals surface area contributed by atoms with Crippen molar-refractivity contribution in [3.63, 3.8) is 0 Å². The molecule has 1 aliphatic heterocycles. The quantitative estimate of drug-likeness (QED) is 0.812. The second-order valence-corrected chi connectivity index (χ2v) is 6.36. The number of piperidine rings is 1. The van der Waals surface area contributed by atoms with E-state index in [1.807, 2.05) is 10.6 Å². The number of halogens is 4. The smallest absolute Gasteiger partial charge is 0.0958 e. The van der Waals surface area contributed by atoms with Gasteiger partial charge in [0.1, 0.15) is 0 Å². The van der Waals surface area contributed by atoms with E-state index in [1.165, 1.54) is 0 Å². The van der Waals surface area contributed by atoms with Crippen LogP contribution in [0.4, 0.5) is 0 Å². The monoisotopic (exact) mass is 399 g/mol. The van der Waals surface area contributed by atoms with E-state index in [2.05, 4.69) is 10.3 Å². The minimum atomic E-state index is -0.226. The molecule has 1 aromatic heterocycles. The molecule has 2 aromatic rings. The van der Waals surface area contributed by atoms with Gasteiger partial charge in [0.25, 0.3) is 0 Å². The first kappa shape index (κ1) is 20.8. The van der Waals surface area contributed by atoms with E-state index in [1.54, 1.807) is 12.4 Å². The molecule has 3 rings (SSSR count). The number of nitrogens with zero attached hydrogens (tertiary/aromatic N) is 2. The summed E-state index contributed by atoms with van der Waals surface area (Å²) in [6.07, 6.45) is 5.43. The minimum Gasteiger partial charge on any atom is -0.392 e. The Morgan fingerprint density at radius 2 is 2.09 bits per heavy atom. The SMILES string of the molecule is Cl.Cl.O[C@H]1CCCN[C@@H]1CCCn1cnc2ccc(Cl)c(Cl)c21. The molecule has 8 heteroatoms. The number of hydrogen-bond donors (Lipinski definition) is 2. The third kappa shape index (κ3) is 4.65. The van der Waals surface area contributed by atoms with Crippen molar-refractivity contribution in [2.24, 2.45) is 0 Å². The summed E-state index contributed by atoms with van der Waals surface area (Å²) in [7, 11) is 0. The predicted octanol–water partition coefficient (Wildman–Crippen LogP) is 4.08. The Hall–Kier alpha value is -0.230. The first-order valence-corrected chi connectivity index (χ1v) is 8.12. The van der Waals surface area contributed by atoms with E-state index in [0.29, 0.717) is 10.0 Å². The Morgan fingerprint density at radius 3 is 2.83 bits per heavy atom. The lowest BCUT2D eigenvalue weighted by atomic mass is 9.97. The number of rotatable bonds is 4. The Labute approximate surface area is 158 Å². The van der Waals surface area contributed by atoms with E-state index in [-0.39, 0.29) is 37.0 Å². The van der Waals surface area contributed by atoms with Gasteiger partial charge in [-0.05, 0) is 44.4 Å². The minimum absolute atomic E-state index is 0. The van der Waals surface area contributed by atoms with Gasteiger partial charge in [0.05, 0.1) is 33.5 Å². The standard InChI is InChI=1S/C15H19Cl2N3O.2ClH/c16-10-5-6-12-15(14(10)17)20(9-19-12)8-2-3-11-13(21)4-1-7-18-11;;/h5-6,9,11,13,18,21H,1-4,7-8H2;2*1H/t11-,13+;;/m1../s1. The van der Waals surface area contributed by atoms with Gasteiger partial charge >= 0.3 is 0 Å². The zero-order valence-corrected chi connectivity index (χ0v) is 15.7. The molecular formula is C15H21Cl4N3O. The molecule has 1 fully saturated rings. The topological polar surface area (TPSA) is 50.1 Å². The van der Waals surface area contributed by atoms with Crippen LogP contribution in [0.25, 0.3) is 11.0 Å². The Bertz CT molecular complexity index is 634. The molecule has 1 saturated heterocycles. The van der Waals surface area contributed by atoms with Gasteiger partial charge in [-0.15, -0.1) is 24.8 Å². The molecule has 0 aliphatic carbocycles. The lowest BCUT2D eigenvalue weighted by Crippen LogP contribution is -2.44. The molecule has 2 N–H and O–H groups in total. The fraction of sp³-hybridized carbons (Fsp3) is 0.533. The molecule has 0 radical (unpaired) electrons. The van der Waals surface area contributed by atoms with E-state index < -0.39 is 0 Å². The summed E-state index contributed by atoms with van der Waals surface area (Å²) in [6.45, 7) is 1.82. The van der Waals surface area contributed by atoms with Crippen molar-refractivity contribution in [3.05, 3.63) is 28.5 Å². The van der Waals surface area contributed by atoms with Crippen LogP contribution in [0, 0.1) is 0 Å². The number of nitrogens with one attached hydrogen (secondary N) is 1. The number of benzene rings is 1. The van der Waals surface area contributed by atoms with Crippen LogP contribution >= 0.6 is 48.0 Å². The maximum atomic E-state index is 9.96. The molecule has 0 amide bonds. The number of aryl methyl sites for hydroxylation is 1. The largest absolute Gasteiger partial charge is 0.392 e. The molecular weight excluding hydrogens is 380 g/mol. The van der Waals surface area contributed by atoms with Crippen molar-refractivity contribution in [3.8, 4) is 0 Å². The van der Waals surface area contributed by atoms with Gasteiger partial charge in [0.15, 0.2) is 0 Å². The normalized spacial score (nSPS) is 20.8. The Morgan fingerprint density at radius 1 is 1.30 bits per heavy atom. The second-order valence-electron chi connectivity index (χ2n) is 5.58. The fourth-order valence-electron chi connectivity index (χ4n) is 2.98. The molecule has 0 spiro atoms. The van der Waals surface area contributed by atoms with Crippen LogP contribution in [0.1, 0.15) is 25.7 Å². The lowest BCUT2D eigenvalue weighted by Gasteiger charge is -2.29. The van der Waals surface area contributed by atoms with Crippen LogP contribution in [0.15, 0.2) is 18.5 Å². The Kier molecular flexibility index (Phi) is 8.42. The van der Waals surface area contributed by atoms with Crippen molar-refractivity contribution in [1.29, 1.82) is 0 Å². The van der Waals surface area contributed by atoms with E-state index >= 15 is 0 Å². The van der Waals surface area contributed by atoms with Crippen LogP contribution < -0.4 is 5.32 Å². The van der Waals surface area contributed by atoms with Gasteiger partial charge in [-0.1, -0.05) is 23.2 Å². The molecule has 23 heavy (non-hydrogen) atoms. The number of hydrogen-bond acceptors (Lipinski definition) is 3. The maximum absolute atomic E-state index is 9.96. The highest BCUT2D eigenvalue weighted by atomic mass is 35.5. The van der Waals surface area contributed by atoms with Gasteiger partial charge in [0, 0.05) is 12.6 Å². The van der Waals surface area contributed by atoms with Crippen LogP contribution in [-0.4, -0.2) is 33.3 Å². The molecule has 2 atom stereocenters. The zero-order chi connectivity index (χ0) is 14.8. The molecule has 0 saturated carbocycles. The van der Waals surface area contributed by atoms with E-state index in [4.69, 9.17) is 23.2 Å². The molecule has 130 valence electrons. The Balaban J connectivity index is 0.00000132. The number of aliphatic hydroxyl groups excluding tert-OH is 1. The van der Waals surface area contributed by atoms with Crippen LogP contribution in [-0.2, 0) is 6.54 Å². The van der Waals surface area contributed by atoms with Crippen molar-refractivity contribution >= 4 is 59.0 Å². The van der Waals surface area contributed by atoms with Crippen molar-refractivity contribution in [2.45, 2.75) is 44.4 Å². The average Bonchev–Trinajstić information content (AvgIpc) is 2.89. The summed E-state index contributed by atoms with van der Waals surface area (Å²) in [5.41, 5.74) is 1.75. The van der Waals surface area contributed by atoms with Gasteiger partial charge < -0.3 is 15.0 Å². The fourth-order valence-corrected chi connectivity index (χ4v) is 3.40. The highest BCUT2D eigenvalue weighted by molar-refractivity contribution is 6.44. The van der Waals surface area contributed by atoms with Gasteiger partial charge in [0.2, 0.25) is 0 Å². The third-order valence-corrected chi connectivity index (χ3v) is 4.93. The van der Waals surface area contributed by atoms with E-state index in [0.717, 1.165) is 49.8 Å². The highest BCUT2D eigenvalue weighted by Crippen LogP contribution is 2.30. The molecule has 4 nitrogen and oxygen atoms in total. The molecule has 1 aromatic carbocycles. The number of fused-ring (bicyclic) bond motifs is 1. The van der Waals surface area contributed by atoms with Gasteiger partial charge in [-0.3, -0.25) is 0 Å². The van der Waals surface area contributed by atoms with E-state index in [9.17, 15) is 5.11 Å². The third-order valence-electron chi connectivity index (χ3n) is 4.13. The van der Waals surface area contributed by atoms with Gasteiger partial charge in [-0.2, -0.15) is 0 Å². The molecule has 1 aliphatic rings. The van der Waals surface area contributed by atoms with Gasteiger partial charge in [-0.25, -0.2) is 4.98 Å². The number of aromatic nitrogens is 2. The van der Waals surface area contributed by atoms with Crippen molar-refractivity contribution in [1.82, 2.24) is 14.9 Å². The predicted molar refractivity (Wildman–Crippen MR) is 101 cm³/mol. The van der Waals surface area contributed by atoms with Crippen molar-refractivity contribution < 1.29 is 5.11 Å². The summed E-state index contributed by atoms with van der Waals surface area (Å²) in [5.74, 6) is 0. The second kappa shape index (κ2) is 9.30. The molecule has 2 heterocycles. The highest BCUT2D eigenvalue weighted by Gasteiger charge is 2.21. The summed E-state index contributed by atoms with van der Waals surface area (Å²) in [6, 6.07) is 3.85. The van der Waals surface area contributed by atoms with Crippen LogP contribution in [0.3, 0.4) is 0 Å². The molecule has 0 bridgehead atoms. The first-order chi connectivity index (χ1) is 10.2. The van der Waals surface area contributed by atoms with Crippen LogP contribution in [0.2, 0.25) is 10.0 Å². The average molecular weight is 401 g/mol. The summed E-state index contributed by atoms with van der Waals surface area (Å²) >= 11 is 12.4.